The van der Waals surface area contributed by atoms with Crippen LogP contribution in [0.3, 0.4) is 0 Å². The summed E-state index contributed by atoms with van der Waals surface area (Å²) in [5, 5.41) is 9.40. The topological polar surface area (TPSA) is 101 Å². The van der Waals surface area contributed by atoms with E-state index in [1.165, 1.54) is 6.20 Å². The number of carbonyl (C=O) groups is 1. The molecule has 0 amide bonds. The first-order valence-electron chi connectivity index (χ1n) is 10.5. The minimum Gasteiger partial charge on any atom is -0.477 e. The fourth-order valence-electron chi connectivity index (χ4n) is 4.60. The van der Waals surface area contributed by atoms with E-state index in [4.69, 9.17) is 5.73 Å². The van der Waals surface area contributed by atoms with E-state index in [0.29, 0.717) is 25.3 Å². The van der Waals surface area contributed by atoms with Crippen LogP contribution < -0.4 is 16.1 Å². The van der Waals surface area contributed by atoms with Crippen LogP contribution in [0.4, 0.5) is 10.2 Å². The Kier molecular flexibility index (Phi) is 4.74. The van der Waals surface area contributed by atoms with Gasteiger partial charge in [0, 0.05) is 31.2 Å². The van der Waals surface area contributed by atoms with Gasteiger partial charge in [0.25, 0.3) is 0 Å². The number of anilines is 1. The number of carboxylic acid groups (broad SMARTS) is 1. The van der Waals surface area contributed by atoms with E-state index in [0.717, 1.165) is 24.5 Å². The molecule has 0 unspecified atom stereocenters. The number of pyridine rings is 2. The van der Waals surface area contributed by atoms with Crippen molar-refractivity contribution in [3.8, 4) is 0 Å². The predicted octanol–water partition coefficient (Wildman–Crippen LogP) is 2.75. The Bertz CT molecular complexity index is 1220. The van der Waals surface area contributed by atoms with E-state index < -0.39 is 17.2 Å². The van der Waals surface area contributed by atoms with Crippen molar-refractivity contribution in [3.05, 3.63) is 69.8 Å². The molecule has 0 bridgehead atoms. The lowest BCUT2D eigenvalue weighted by atomic mass is 9.89. The Morgan fingerprint density at radius 2 is 1.97 bits per heavy atom. The van der Waals surface area contributed by atoms with Crippen LogP contribution in [0.25, 0.3) is 11.0 Å². The van der Waals surface area contributed by atoms with Crippen LogP contribution in [0.2, 0.25) is 0 Å². The molecule has 2 atom stereocenters. The SMILES string of the molecule is NC[C@H]1CN(c2nc3c(cc2F)c(=O)c(C(=O)O)cn3C2CC2)C[C@@H]1c1ccccc1. The van der Waals surface area contributed by atoms with Gasteiger partial charge in [-0.1, -0.05) is 30.3 Å². The molecule has 1 saturated heterocycles. The van der Waals surface area contributed by atoms with Crippen molar-refractivity contribution < 1.29 is 14.3 Å². The van der Waals surface area contributed by atoms with E-state index in [2.05, 4.69) is 17.1 Å². The van der Waals surface area contributed by atoms with Gasteiger partial charge in [0.1, 0.15) is 11.2 Å². The minimum atomic E-state index is -1.32. The molecule has 160 valence electrons. The second kappa shape index (κ2) is 7.46. The minimum absolute atomic E-state index is 0.00207. The monoisotopic (exact) mass is 422 g/mol. The highest BCUT2D eigenvalue weighted by atomic mass is 19.1. The third-order valence-electron chi connectivity index (χ3n) is 6.38. The Labute approximate surface area is 177 Å². The molecule has 7 nitrogen and oxygen atoms in total. The highest BCUT2D eigenvalue weighted by Gasteiger charge is 2.35. The molecule has 1 aromatic carbocycles. The van der Waals surface area contributed by atoms with Crippen LogP contribution in [0.1, 0.15) is 40.7 Å². The number of nitrogens with two attached hydrogens (primary N) is 1. The second-order valence-corrected chi connectivity index (χ2v) is 8.40. The molecule has 3 aromatic rings. The lowest BCUT2D eigenvalue weighted by Gasteiger charge is -2.20. The molecule has 1 aliphatic carbocycles. The molecule has 31 heavy (non-hydrogen) atoms. The van der Waals surface area contributed by atoms with Gasteiger partial charge in [-0.25, -0.2) is 14.2 Å². The fraction of sp³-hybridized carbons (Fsp3) is 0.348. The molecule has 0 spiro atoms. The van der Waals surface area contributed by atoms with Gasteiger partial charge in [0.05, 0.1) is 5.39 Å². The van der Waals surface area contributed by atoms with Crippen molar-refractivity contribution in [1.29, 1.82) is 0 Å². The Morgan fingerprint density at radius 3 is 2.61 bits per heavy atom. The van der Waals surface area contributed by atoms with E-state index in [-0.39, 0.29) is 34.6 Å². The number of benzene rings is 1. The zero-order chi connectivity index (χ0) is 21.7. The first-order chi connectivity index (χ1) is 15.0. The molecule has 3 N–H and O–H groups in total. The van der Waals surface area contributed by atoms with E-state index in [1.54, 1.807) is 4.57 Å². The highest BCUT2D eigenvalue weighted by molar-refractivity contribution is 5.92. The number of hydrogen-bond acceptors (Lipinski definition) is 5. The van der Waals surface area contributed by atoms with Crippen molar-refractivity contribution >= 4 is 22.8 Å². The number of aromatic nitrogens is 2. The largest absolute Gasteiger partial charge is 0.477 e. The molecular formula is C23H23FN4O3. The lowest BCUT2D eigenvalue weighted by Crippen LogP contribution is -2.26. The normalized spacial score (nSPS) is 21.0. The van der Waals surface area contributed by atoms with Crippen LogP contribution >= 0.6 is 0 Å². The van der Waals surface area contributed by atoms with Crippen LogP contribution in [0.5, 0.6) is 0 Å². The van der Waals surface area contributed by atoms with Gasteiger partial charge in [-0.2, -0.15) is 0 Å². The summed E-state index contributed by atoms with van der Waals surface area (Å²) in [6.07, 6.45) is 3.10. The average Bonchev–Trinajstić information content (AvgIpc) is 3.52. The molecule has 5 rings (SSSR count). The maximum Gasteiger partial charge on any atom is 0.341 e. The standard InChI is InChI=1S/C23H23FN4O3/c24-19-8-16-20(29)18(23(30)31)12-28(15-6-7-15)21(16)26-22(19)27-10-14(9-25)17(11-27)13-4-2-1-3-5-13/h1-5,8,12,14-15,17H,6-7,9-11,25H2,(H,30,31)/t14-,17+/m0/s1. The lowest BCUT2D eigenvalue weighted by molar-refractivity contribution is 0.0695. The van der Waals surface area contributed by atoms with Crippen molar-refractivity contribution in [2.75, 3.05) is 24.5 Å². The highest BCUT2D eigenvalue weighted by Crippen LogP contribution is 2.39. The number of hydrogen-bond donors (Lipinski definition) is 2. The van der Waals surface area contributed by atoms with Crippen LogP contribution in [-0.2, 0) is 0 Å². The molecule has 1 saturated carbocycles. The smallest absolute Gasteiger partial charge is 0.341 e. The fourth-order valence-corrected chi connectivity index (χ4v) is 4.60. The summed E-state index contributed by atoms with van der Waals surface area (Å²) < 4.78 is 16.9. The third kappa shape index (κ3) is 3.37. The van der Waals surface area contributed by atoms with E-state index in [1.807, 2.05) is 23.1 Å². The molecule has 2 fully saturated rings. The number of fused-ring (bicyclic) bond motifs is 1. The van der Waals surface area contributed by atoms with Crippen molar-refractivity contribution in [1.82, 2.24) is 9.55 Å². The Balaban J connectivity index is 1.60. The summed E-state index contributed by atoms with van der Waals surface area (Å²) in [7, 11) is 0. The summed E-state index contributed by atoms with van der Waals surface area (Å²) >= 11 is 0. The second-order valence-electron chi connectivity index (χ2n) is 8.40. The quantitative estimate of drug-likeness (QED) is 0.656. The van der Waals surface area contributed by atoms with Crippen molar-refractivity contribution in [2.24, 2.45) is 11.7 Å². The number of halogens is 1. The maximum absolute atomic E-state index is 15.2. The number of nitrogens with zero attached hydrogens (tertiary/aromatic N) is 3. The zero-order valence-corrected chi connectivity index (χ0v) is 16.9. The molecule has 2 aromatic heterocycles. The summed E-state index contributed by atoms with van der Waals surface area (Å²) in [6.45, 7) is 1.61. The van der Waals surface area contributed by atoms with E-state index in [9.17, 15) is 14.7 Å². The van der Waals surface area contributed by atoms with Gasteiger partial charge in [-0.05, 0) is 36.9 Å². The number of carboxylic acids is 1. The average molecular weight is 422 g/mol. The Morgan fingerprint density at radius 1 is 1.23 bits per heavy atom. The van der Waals surface area contributed by atoms with Crippen LogP contribution in [-0.4, -0.2) is 40.3 Å². The van der Waals surface area contributed by atoms with Crippen LogP contribution in [0.15, 0.2) is 47.4 Å². The van der Waals surface area contributed by atoms with Gasteiger partial charge in [0.15, 0.2) is 11.6 Å². The molecule has 0 radical (unpaired) electrons. The van der Waals surface area contributed by atoms with Crippen LogP contribution in [0, 0.1) is 11.7 Å². The summed E-state index contributed by atoms with van der Waals surface area (Å²) in [5.74, 6) is -1.45. The molecule has 8 heteroatoms. The van der Waals surface area contributed by atoms with Crippen molar-refractivity contribution in [3.63, 3.8) is 0 Å². The van der Waals surface area contributed by atoms with Gasteiger partial charge in [-0.15, -0.1) is 0 Å². The first kappa shape index (κ1) is 19.7. The summed E-state index contributed by atoms with van der Waals surface area (Å²) in [4.78, 5) is 30.6. The zero-order valence-electron chi connectivity index (χ0n) is 16.9. The van der Waals surface area contributed by atoms with Gasteiger partial charge in [0.2, 0.25) is 5.43 Å². The first-order valence-corrected chi connectivity index (χ1v) is 10.5. The van der Waals surface area contributed by atoms with Crippen molar-refractivity contribution in [2.45, 2.75) is 24.8 Å². The van der Waals surface area contributed by atoms with Gasteiger partial charge < -0.3 is 20.3 Å². The molecule has 2 aliphatic rings. The Hall–Kier alpha value is -3.26. The maximum atomic E-state index is 15.2. The summed E-state index contributed by atoms with van der Waals surface area (Å²) in [6, 6.07) is 11.3. The van der Waals surface area contributed by atoms with Gasteiger partial charge >= 0.3 is 5.97 Å². The van der Waals surface area contributed by atoms with Gasteiger partial charge in [-0.3, -0.25) is 4.79 Å². The molecular weight excluding hydrogens is 399 g/mol. The van der Waals surface area contributed by atoms with E-state index >= 15 is 4.39 Å². The molecule has 3 heterocycles. The summed E-state index contributed by atoms with van der Waals surface area (Å²) in [5.41, 5.74) is 6.45. The molecule has 1 aliphatic heterocycles. The number of rotatable bonds is 5. The third-order valence-corrected chi connectivity index (χ3v) is 6.38. The number of aromatic carboxylic acids is 1. The predicted molar refractivity (Wildman–Crippen MR) is 115 cm³/mol.